The van der Waals surface area contributed by atoms with E-state index in [0.29, 0.717) is 6.04 Å². The third-order valence-electron chi connectivity index (χ3n) is 5.93. The van der Waals surface area contributed by atoms with Crippen molar-refractivity contribution in [2.75, 3.05) is 19.7 Å². The minimum atomic E-state index is -0.107. The van der Waals surface area contributed by atoms with Gasteiger partial charge in [-0.1, -0.05) is 6.92 Å². The van der Waals surface area contributed by atoms with Gasteiger partial charge in [0, 0.05) is 35.3 Å². The molecule has 1 N–H and O–H groups in total. The van der Waals surface area contributed by atoms with Crippen molar-refractivity contribution in [1.29, 1.82) is 0 Å². The number of hydrogen-bond donors (Lipinski definition) is 1. The molecule has 1 aromatic rings. The molecule has 1 saturated heterocycles. The monoisotopic (exact) mass is 321 g/mol. The molecular weight excluding hydrogens is 294 g/mol. The van der Waals surface area contributed by atoms with Crippen LogP contribution in [0.4, 0.5) is 0 Å². The molecule has 3 nitrogen and oxygen atoms in total. The molecule has 2 unspecified atom stereocenters. The molecule has 2 atom stereocenters. The van der Waals surface area contributed by atoms with Gasteiger partial charge in [-0.25, -0.2) is 0 Å². The number of thiophene rings is 1. The van der Waals surface area contributed by atoms with Crippen LogP contribution in [0, 0.1) is 0 Å². The average Bonchev–Trinajstić information content (AvgIpc) is 3.15. The minimum absolute atomic E-state index is 0.0302. The Balaban J connectivity index is 1.52. The number of fused-ring (bicyclic) bond motifs is 2. The van der Waals surface area contributed by atoms with Gasteiger partial charge in [-0.05, 0) is 50.2 Å². The fourth-order valence-corrected chi connectivity index (χ4v) is 5.80. The van der Waals surface area contributed by atoms with Gasteiger partial charge in [0.1, 0.15) is 0 Å². The van der Waals surface area contributed by atoms with Gasteiger partial charge in [0.25, 0.3) is 0 Å². The summed E-state index contributed by atoms with van der Waals surface area (Å²) in [4.78, 5) is 5.59. The van der Waals surface area contributed by atoms with Crippen LogP contribution in [0.5, 0.6) is 0 Å². The predicted molar refractivity (Wildman–Crippen MR) is 89.5 cm³/mol. The zero-order chi connectivity index (χ0) is 15.2. The molecule has 3 aliphatic rings. The number of rotatable bonds is 2. The zero-order valence-electron chi connectivity index (χ0n) is 13.5. The van der Waals surface area contributed by atoms with E-state index in [1.807, 2.05) is 11.3 Å². The first-order valence-corrected chi connectivity index (χ1v) is 9.71. The van der Waals surface area contributed by atoms with Gasteiger partial charge in [-0.15, -0.1) is 11.3 Å². The number of nitrogens with zero attached hydrogens (tertiary/aromatic N) is 1. The number of aryl methyl sites for hydroxylation is 1. The highest BCUT2D eigenvalue weighted by molar-refractivity contribution is 7.12. The number of likely N-dealkylation sites (tertiary alicyclic amines) is 1. The average molecular weight is 321 g/mol. The second-order valence-electron chi connectivity index (χ2n) is 7.10. The van der Waals surface area contributed by atoms with Crippen molar-refractivity contribution in [2.24, 2.45) is 0 Å². The van der Waals surface area contributed by atoms with Crippen molar-refractivity contribution in [2.45, 2.75) is 69.6 Å². The standard InChI is InChI=1S/C18H27NO2S/c1-2-13-12-14-17(22-13)6-11-21-18(14)7-9-19(10-8-18)15-4-3-5-16(15)20/h12,15-16,20H,2-11H2,1H3. The van der Waals surface area contributed by atoms with Gasteiger partial charge in [-0.3, -0.25) is 4.90 Å². The molecule has 1 aliphatic carbocycles. The maximum atomic E-state index is 10.2. The largest absolute Gasteiger partial charge is 0.391 e. The summed E-state index contributed by atoms with van der Waals surface area (Å²) < 4.78 is 6.35. The summed E-state index contributed by atoms with van der Waals surface area (Å²) in [5, 5.41) is 10.2. The van der Waals surface area contributed by atoms with E-state index in [1.54, 1.807) is 4.88 Å². The molecule has 3 heterocycles. The Hall–Kier alpha value is -0.420. The molecule has 4 rings (SSSR count). The van der Waals surface area contributed by atoms with Gasteiger partial charge in [0.05, 0.1) is 18.3 Å². The van der Waals surface area contributed by atoms with E-state index in [4.69, 9.17) is 4.74 Å². The van der Waals surface area contributed by atoms with Crippen LogP contribution >= 0.6 is 11.3 Å². The van der Waals surface area contributed by atoms with Gasteiger partial charge in [-0.2, -0.15) is 0 Å². The molecule has 1 aromatic heterocycles. The smallest absolute Gasteiger partial charge is 0.0966 e. The summed E-state index contributed by atoms with van der Waals surface area (Å²) in [5.74, 6) is 0. The van der Waals surface area contributed by atoms with Crippen LogP contribution in [0.25, 0.3) is 0 Å². The van der Waals surface area contributed by atoms with Crippen LogP contribution < -0.4 is 0 Å². The van der Waals surface area contributed by atoms with Gasteiger partial charge >= 0.3 is 0 Å². The number of aliphatic hydroxyl groups excluding tert-OH is 1. The normalized spacial score (nSPS) is 31.5. The SMILES string of the molecule is CCc1cc2c(s1)CCOC21CCN(C2CCCC2O)CC1. The maximum absolute atomic E-state index is 10.2. The Bertz CT molecular complexity index is 533. The highest BCUT2D eigenvalue weighted by Crippen LogP contribution is 2.45. The van der Waals surface area contributed by atoms with Gasteiger partial charge in [0.2, 0.25) is 0 Å². The van der Waals surface area contributed by atoms with E-state index < -0.39 is 0 Å². The Morgan fingerprint density at radius 3 is 2.86 bits per heavy atom. The molecule has 2 aliphatic heterocycles. The molecule has 0 amide bonds. The molecule has 0 radical (unpaired) electrons. The Kier molecular flexibility index (Phi) is 4.05. The summed E-state index contributed by atoms with van der Waals surface area (Å²) in [6, 6.07) is 2.81. The zero-order valence-corrected chi connectivity index (χ0v) is 14.3. The Morgan fingerprint density at radius 1 is 1.36 bits per heavy atom. The third-order valence-corrected chi connectivity index (χ3v) is 7.26. The second kappa shape index (κ2) is 5.90. The van der Waals surface area contributed by atoms with E-state index in [9.17, 15) is 5.11 Å². The number of ether oxygens (including phenoxy) is 1. The fraction of sp³-hybridized carbons (Fsp3) is 0.778. The lowest BCUT2D eigenvalue weighted by atomic mass is 9.81. The highest BCUT2D eigenvalue weighted by atomic mass is 32.1. The van der Waals surface area contributed by atoms with Crippen LogP contribution in [0.3, 0.4) is 0 Å². The lowest BCUT2D eigenvalue weighted by Gasteiger charge is -2.46. The van der Waals surface area contributed by atoms with Crippen LogP contribution in [0.15, 0.2) is 6.07 Å². The highest BCUT2D eigenvalue weighted by Gasteiger charge is 2.44. The first-order valence-electron chi connectivity index (χ1n) is 8.90. The van der Waals surface area contributed by atoms with Crippen molar-refractivity contribution in [3.8, 4) is 0 Å². The van der Waals surface area contributed by atoms with E-state index in [1.165, 1.54) is 23.3 Å². The maximum Gasteiger partial charge on any atom is 0.0966 e. The molecule has 0 aromatic carbocycles. The van der Waals surface area contributed by atoms with E-state index in [-0.39, 0.29) is 11.7 Å². The number of aliphatic hydroxyl groups is 1. The summed E-state index contributed by atoms with van der Waals surface area (Å²) in [5.41, 5.74) is 1.46. The lowest BCUT2D eigenvalue weighted by molar-refractivity contribution is -0.106. The molecule has 1 spiro atoms. The van der Waals surface area contributed by atoms with Gasteiger partial charge < -0.3 is 9.84 Å². The first-order chi connectivity index (χ1) is 10.7. The molecule has 0 bridgehead atoms. The van der Waals surface area contributed by atoms with E-state index in [0.717, 1.165) is 51.8 Å². The molecule has 1 saturated carbocycles. The van der Waals surface area contributed by atoms with Crippen LogP contribution in [0.2, 0.25) is 0 Å². The molecule has 2 fully saturated rings. The number of piperidine rings is 1. The van der Waals surface area contributed by atoms with Crippen LogP contribution in [-0.4, -0.2) is 41.8 Å². The fourth-order valence-electron chi connectivity index (χ4n) is 4.62. The van der Waals surface area contributed by atoms with Gasteiger partial charge in [0.15, 0.2) is 0 Å². The second-order valence-corrected chi connectivity index (χ2v) is 8.32. The third kappa shape index (κ3) is 2.44. The number of hydrogen-bond acceptors (Lipinski definition) is 4. The summed E-state index contributed by atoms with van der Waals surface area (Å²) in [6.45, 7) is 5.26. The summed E-state index contributed by atoms with van der Waals surface area (Å²) >= 11 is 2.00. The van der Waals surface area contributed by atoms with Crippen molar-refractivity contribution in [3.63, 3.8) is 0 Å². The van der Waals surface area contributed by atoms with E-state index >= 15 is 0 Å². The topological polar surface area (TPSA) is 32.7 Å². The van der Waals surface area contributed by atoms with Crippen molar-refractivity contribution in [3.05, 3.63) is 21.4 Å². The summed E-state index contributed by atoms with van der Waals surface area (Å²) in [7, 11) is 0. The molecule has 122 valence electrons. The summed E-state index contributed by atoms with van der Waals surface area (Å²) in [6.07, 6.45) is 7.62. The minimum Gasteiger partial charge on any atom is -0.391 e. The lowest BCUT2D eigenvalue weighted by Crippen LogP contribution is -2.51. The van der Waals surface area contributed by atoms with Crippen LogP contribution in [-0.2, 0) is 23.2 Å². The molecule has 22 heavy (non-hydrogen) atoms. The van der Waals surface area contributed by atoms with Crippen LogP contribution in [0.1, 0.15) is 54.3 Å². The quantitative estimate of drug-likeness (QED) is 0.908. The van der Waals surface area contributed by atoms with E-state index in [2.05, 4.69) is 17.9 Å². The molecular formula is C18H27NO2S. The molecule has 4 heteroatoms. The first kappa shape index (κ1) is 15.1. The predicted octanol–water partition coefficient (Wildman–Crippen LogP) is 3.09. The Morgan fingerprint density at radius 2 is 2.18 bits per heavy atom. The van der Waals surface area contributed by atoms with Crippen molar-refractivity contribution in [1.82, 2.24) is 4.90 Å². The van der Waals surface area contributed by atoms with Crippen molar-refractivity contribution < 1.29 is 9.84 Å². The Labute approximate surface area is 137 Å². The van der Waals surface area contributed by atoms with Crippen molar-refractivity contribution >= 4 is 11.3 Å².